The molecule has 0 N–H and O–H groups in total. The second-order valence-corrected chi connectivity index (χ2v) is 5.82. The zero-order chi connectivity index (χ0) is 14.3. The largest absolute Gasteiger partial charge is 0.373 e. The summed E-state index contributed by atoms with van der Waals surface area (Å²) in [5, 5.41) is 0. The van der Waals surface area contributed by atoms with Crippen molar-refractivity contribution >= 4 is 0 Å². The number of ether oxygens (including phenoxy) is 1. The van der Waals surface area contributed by atoms with Gasteiger partial charge in [0.15, 0.2) is 0 Å². The van der Waals surface area contributed by atoms with Crippen LogP contribution in [0.3, 0.4) is 0 Å². The van der Waals surface area contributed by atoms with Crippen molar-refractivity contribution in [2.75, 3.05) is 0 Å². The SMILES string of the molecule is CC[C@H](C=C(C)C)[C@@H](OCc1ccccc1)C(C)C. The lowest BCUT2D eigenvalue weighted by Gasteiger charge is -2.28. The number of rotatable bonds is 7. The van der Waals surface area contributed by atoms with E-state index >= 15 is 0 Å². The van der Waals surface area contributed by atoms with Gasteiger partial charge in [-0.2, -0.15) is 0 Å². The van der Waals surface area contributed by atoms with Gasteiger partial charge in [-0.15, -0.1) is 0 Å². The molecule has 1 aromatic rings. The molecule has 0 unspecified atom stereocenters. The van der Waals surface area contributed by atoms with Crippen LogP contribution >= 0.6 is 0 Å². The van der Waals surface area contributed by atoms with Gasteiger partial charge in [-0.25, -0.2) is 0 Å². The molecule has 0 aromatic heterocycles. The summed E-state index contributed by atoms with van der Waals surface area (Å²) in [5.41, 5.74) is 2.63. The Morgan fingerprint density at radius 3 is 2.26 bits per heavy atom. The summed E-state index contributed by atoms with van der Waals surface area (Å²) in [6.07, 6.45) is 3.78. The van der Waals surface area contributed by atoms with Gasteiger partial charge in [-0.3, -0.25) is 0 Å². The van der Waals surface area contributed by atoms with Gasteiger partial charge < -0.3 is 4.74 Å². The highest BCUT2D eigenvalue weighted by molar-refractivity contribution is 5.13. The predicted molar refractivity (Wildman–Crippen MR) is 83.1 cm³/mol. The molecular weight excluding hydrogens is 232 g/mol. The molecule has 1 heteroatoms. The van der Waals surface area contributed by atoms with Gasteiger partial charge in [0.1, 0.15) is 0 Å². The second-order valence-electron chi connectivity index (χ2n) is 5.82. The molecule has 0 heterocycles. The first-order valence-corrected chi connectivity index (χ1v) is 7.35. The van der Waals surface area contributed by atoms with Crippen molar-refractivity contribution in [2.24, 2.45) is 11.8 Å². The van der Waals surface area contributed by atoms with E-state index in [4.69, 9.17) is 4.74 Å². The quantitative estimate of drug-likeness (QED) is 0.611. The Balaban J connectivity index is 2.69. The third kappa shape index (κ3) is 5.61. The first kappa shape index (κ1) is 16.0. The smallest absolute Gasteiger partial charge is 0.0721 e. The highest BCUT2D eigenvalue weighted by atomic mass is 16.5. The van der Waals surface area contributed by atoms with Gasteiger partial charge in [0, 0.05) is 5.92 Å². The van der Waals surface area contributed by atoms with E-state index in [0.29, 0.717) is 24.5 Å². The van der Waals surface area contributed by atoms with E-state index in [0.717, 1.165) is 6.42 Å². The topological polar surface area (TPSA) is 9.23 Å². The summed E-state index contributed by atoms with van der Waals surface area (Å²) in [4.78, 5) is 0. The van der Waals surface area contributed by atoms with E-state index in [-0.39, 0.29) is 0 Å². The van der Waals surface area contributed by atoms with Crippen LogP contribution in [-0.2, 0) is 11.3 Å². The average molecular weight is 260 g/mol. The van der Waals surface area contributed by atoms with E-state index in [9.17, 15) is 0 Å². The van der Waals surface area contributed by atoms with Crippen LogP contribution in [-0.4, -0.2) is 6.10 Å². The first-order valence-electron chi connectivity index (χ1n) is 7.35. The van der Waals surface area contributed by atoms with Crippen LogP contribution in [0.4, 0.5) is 0 Å². The molecule has 0 fully saturated rings. The Morgan fingerprint density at radius 1 is 1.16 bits per heavy atom. The molecule has 0 amide bonds. The molecular formula is C18H28O. The van der Waals surface area contributed by atoms with Crippen molar-refractivity contribution in [3.8, 4) is 0 Å². The third-order valence-electron chi connectivity index (χ3n) is 3.38. The minimum Gasteiger partial charge on any atom is -0.373 e. The fraction of sp³-hybridized carbons (Fsp3) is 0.556. The maximum absolute atomic E-state index is 6.20. The van der Waals surface area contributed by atoms with Crippen molar-refractivity contribution in [2.45, 2.75) is 53.8 Å². The van der Waals surface area contributed by atoms with E-state index in [1.807, 2.05) is 6.07 Å². The van der Waals surface area contributed by atoms with Crippen LogP contribution in [0.25, 0.3) is 0 Å². The summed E-state index contributed by atoms with van der Waals surface area (Å²) in [7, 11) is 0. The Kier molecular flexibility index (Phi) is 6.86. The van der Waals surface area contributed by atoms with Gasteiger partial charge >= 0.3 is 0 Å². The monoisotopic (exact) mass is 260 g/mol. The summed E-state index contributed by atoms with van der Waals surface area (Å²) in [6.45, 7) is 11.8. The molecule has 0 bridgehead atoms. The van der Waals surface area contributed by atoms with Crippen molar-refractivity contribution in [1.29, 1.82) is 0 Å². The van der Waals surface area contributed by atoms with Crippen molar-refractivity contribution in [3.05, 3.63) is 47.5 Å². The summed E-state index contributed by atoms with van der Waals surface area (Å²) >= 11 is 0. The number of hydrogen-bond donors (Lipinski definition) is 0. The molecule has 19 heavy (non-hydrogen) atoms. The lowest BCUT2D eigenvalue weighted by atomic mass is 9.89. The van der Waals surface area contributed by atoms with Crippen LogP contribution in [0.15, 0.2) is 42.0 Å². The molecule has 106 valence electrons. The number of benzene rings is 1. The van der Waals surface area contributed by atoms with Crippen LogP contribution < -0.4 is 0 Å². The van der Waals surface area contributed by atoms with E-state index in [1.54, 1.807) is 0 Å². The van der Waals surface area contributed by atoms with Crippen LogP contribution in [0.5, 0.6) is 0 Å². The predicted octanol–water partition coefficient (Wildman–Crippen LogP) is 5.22. The molecule has 0 aliphatic rings. The zero-order valence-corrected chi connectivity index (χ0v) is 13.0. The molecule has 0 aliphatic carbocycles. The fourth-order valence-corrected chi connectivity index (χ4v) is 2.45. The molecule has 0 saturated heterocycles. The summed E-state index contributed by atoms with van der Waals surface area (Å²) in [6, 6.07) is 10.4. The lowest BCUT2D eigenvalue weighted by molar-refractivity contribution is -0.0169. The van der Waals surface area contributed by atoms with E-state index < -0.39 is 0 Å². The molecule has 2 atom stereocenters. The zero-order valence-electron chi connectivity index (χ0n) is 13.0. The number of hydrogen-bond acceptors (Lipinski definition) is 1. The molecule has 0 saturated carbocycles. The summed E-state index contributed by atoms with van der Waals surface area (Å²) < 4.78 is 6.20. The Labute approximate surface area is 118 Å². The second kappa shape index (κ2) is 8.16. The highest BCUT2D eigenvalue weighted by Crippen LogP contribution is 2.23. The first-order chi connectivity index (χ1) is 9.04. The maximum atomic E-state index is 6.20. The van der Waals surface area contributed by atoms with Crippen molar-refractivity contribution in [1.82, 2.24) is 0 Å². The Bertz CT molecular complexity index is 374. The van der Waals surface area contributed by atoms with Crippen molar-refractivity contribution < 1.29 is 4.74 Å². The van der Waals surface area contributed by atoms with Gasteiger partial charge in [-0.1, -0.05) is 62.8 Å². The third-order valence-corrected chi connectivity index (χ3v) is 3.38. The maximum Gasteiger partial charge on any atom is 0.0721 e. The minimum atomic E-state index is 0.292. The van der Waals surface area contributed by atoms with Crippen LogP contribution in [0.2, 0.25) is 0 Å². The molecule has 1 rings (SSSR count). The van der Waals surface area contributed by atoms with E-state index in [2.05, 4.69) is 65.0 Å². The van der Waals surface area contributed by atoms with Gasteiger partial charge in [0.25, 0.3) is 0 Å². The van der Waals surface area contributed by atoms with Crippen LogP contribution in [0.1, 0.15) is 46.6 Å². The Hall–Kier alpha value is -1.08. The van der Waals surface area contributed by atoms with Crippen molar-refractivity contribution in [3.63, 3.8) is 0 Å². The highest BCUT2D eigenvalue weighted by Gasteiger charge is 2.22. The average Bonchev–Trinajstić information content (AvgIpc) is 2.38. The van der Waals surface area contributed by atoms with Gasteiger partial charge in [0.2, 0.25) is 0 Å². The van der Waals surface area contributed by atoms with E-state index in [1.165, 1.54) is 11.1 Å². The molecule has 0 radical (unpaired) electrons. The molecule has 1 nitrogen and oxygen atoms in total. The Morgan fingerprint density at radius 2 is 1.79 bits per heavy atom. The van der Waals surface area contributed by atoms with Gasteiger partial charge in [0.05, 0.1) is 12.7 Å². The molecule has 0 aliphatic heterocycles. The summed E-state index contributed by atoms with van der Waals surface area (Å²) in [5.74, 6) is 1.04. The molecule has 1 aromatic carbocycles. The normalized spacial score (nSPS) is 14.2. The fourth-order valence-electron chi connectivity index (χ4n) is 2.45. The standard InChI is InChI=1S/C18H28O/c1-6-17(12-14(2)3)18(15(4)5)19-13-16-10-8-7-9-11-16/h7-12,15,17-18H,6,13H2,1-5H3/t17-,18+/m1/s1. The molecule has 0 spiro atoms. The van der Waals surface area contributed by atoms with Gasteiger partial charge in [-0.05, 0) is 31.7 Å². The number of allylic oxidation sites excluding steroid dienone is 1. The minimum absolute atomic E-state index is 0.292. The lowest BCUT2D eigenvalue weighted by Crippen LogP contribution is -2.28. The van der Waals surface area contributed by atoms with Crippen LogP contribution in [0, 0.1) is 11.8 Å².